The van der Waals surface area contributed by atoms with E-state index in [-0.39, 0.29) is 18.0 Å². The van der Waals surface area contributed by atoms with Crippen LogP contribution in [0.25, 0.3) is 0 Å². The lowest BCUT2D eigenvalue weighted by molar-refractivity contribution is -0.152. The third kappa shape index (κ3) is 4.90. The van der Waals surface area contributed by atoms with Gasteiger partial charge >= 0.3 is 5.97 Å². The molecule has 3 aromatic rings. The summed E-state index contributed by atoms with van der Waals surface area (Å²) in [6.07, 6.45) is 3.77. The summed E-state index contributed by atoms with van der Waals surface area (Å²) in [4.78, 5) is 15.8. The maximum atomic E-state index is 12.3. The van der Waals surface area contributed by atoms with Crippen LogP contribution in [0.5, 0.6) is 5.75 Å². The van der Waals surface area contributed by atoms with E-state index in [9.17, 15) is 9.90 Å². The number of benzene rings is 3. The molecule has 5 atom stereocenters. The van der Waals surface area contributed by atoms with Gasteiger partial charge in [-0.2, -0.15) is 0 Å². The van der Waals surface area contributed by atoms with Gasteiger partial charge in [0.25, 0.3) is 0 Å². The number of carboxylic acid groups (broad SMARTS) is 1. The smallest absolute Gasteiger partial charge is 0.320 e. The molecular weight excluding hydrogens is 468 g/mol. The number of nitrogens with zero attached hydrogens (tertiary/aromatic N) is 1. The summed E-state index contributed by atoms with van der Waals surface area (Å²) in [6.45, 7) is 1.49. The number of hydrogen-bond acceptors (Lipinski definition) is 5. The number of methoxy groups -OCH3 is 1. The summed E-state index contributed by atoms with van der Waals surface area (Å²) in [6, 6.07) is 27.2. The SMILES string of the molecule is COc1ccc(SC)cc1CN[C@@H]1[C@@H]2CCN([C@@H](C(=O)O)C2)[C@H]1C(c1ccccc1)c1ccccc1. The number of rotatable bonds is 9. The monoisotopic (exact) mass is 502 g/mol. The Hall–Kier alpha value is -2.80. The van der Waals surface area contributed by atoms with Gasteiger partial charge in [-0.05, 0) is 60.9 Å². The third-order valence-electron chi connectivity index (χ3n) is 7.90. The van der Waals surface area contributed by atoms with Gasteiger partial charge in [-0.25, -0.2) is 0 Å². The number of aliphatic carboxylic acids is 1. The summed E-state index contributed by atoms with van der Waals surface area (Å²) >= 11 is 1.72. The number of carboxylic acids is 1. The predicted octanol–water partition coefficient (Wildman–Crippen LogP) is 5.25. The molecule has 3 aromatic carbocycles. The van der Waals surface area contributed by atoms with E-state index in [0.717, 1.165) is 24.3 Å². The van der Waals surface area contributed by atoms with E-state index in [4.69, 9.17) is 4.74 Å². The van der Waals surface area contributed by atoms with Crippen molar-refractivity contribution in [1.82, 2.24) is 10.2 Å². The van der Waals surface area contributed by atoms with Crippen molar-refractivity contribution in [3.05, 3.63) is 95.6 Å². The highest BCUT2D eigenvalue weighted by molar-refractivity contribution is 7.98. The van der Waals surface area contributed by atoms with Crippen LogP contribution in [0.4, 0.5) is 0 Å². The zero-order valence-corrected chi connectivity index (χ0v) is 21.7. The molecule has 1 unspecified atom stereocenters. The number of piperidine rings is 3. The molecule has 3 aliphatic rings. The number of thioether (sulfide) groups is 1. The Morgan fingerprint density at radius 3 is 2.33 bits per heavy atom. The normalized spacial score (nSPS) is 25.1. The largest absolute Gasteiger partial charge is 0.496 e. The van der Waals surface area contributed by atoms with Crippen LogP contribution in [0.2, 0.25) is 0 Å². The Morgan fingerprint density at radius 2 is 1.75 bits per heavy atom. The molecule has 0 saturated carbocycles. The first-order valence-electron chi connectivity index (χ1n) is 12.6. The first-order chi connectivity index (χ1) is 17.6. The Labute approximate surface area is 217 Å². The minimum atomic E-state index is -0.711. The van der Waals surface area contributed by atoms with Gasteiger partial charge in [0.15, 0.2) is 0 Å². The van der Waals surface area contributed by atoms with Gasteiger partial charge < -0.3 is 15.2 Å². The minimum absolute atomic E-state index is 0.0260. The van der Waals surface area contributed by atoms with Gasteiger partial charge in [0.2, 0.25) is 0 Å². The molecular formula is C30H34N2O3S. The average molecular weight is 503 g/mol. The van der Waals surface area contributed by atoms with Gasteiger partial charge in [0.05, 0.1) is 7.11 Å². The van der Waals surface area contributed by atoms with Crippen molar-refractivity contribution in [3.8, 4) is 5.75 Å². The maximum absolute atomic E-state index is 12.3. The van der Waals surface area contributed by atoms with Crippen molar-refractivity contribution in [2.75, 3.05) is 19.9 Å². The lowest BCUT2D eigenvalue weighted by Gasteiger charge is -2.56. The summed E-state index contributed by atoms with van der Waals surface area (Å²) in [5, 5.41) is 14.0. The molecule has 6 heteroatoms. The highest BCUT2D eigenvalue weighted by Gasteiger charge is 2.52. The van der Waals surface area contributed by atoms with Crippen LogP contribution in [-0.4, -0.2) is 54.0 Å². The van der Waals surface area contributed by atoms with Crippen molar-refractivity contribution in [3.63, 3.8) is 0 Å². The number of carbonyl (C=O) groups is 1. The van der Waals surface area contributed by atoms with E-state index in [1.807, 2.05) is 18.2 Å². The second kappa shape index (κ2) is 11.1. The molecule has 2 N–H and O–H groups in total. The summed E-state index contributed by atoms with van der Waals surface area (Å²) < 4.78 is 5.67. The van der Waals surface area contributed by atoms with Gasteiger partial charge in [0, 0.05) is 35.0 Å². The molecule has 3 aliphatic heterocycles. The lowest BCUT2D eigenvalue weighted by Crippen LogP contribution is -2.69. The zero-order chi connectivity index (χ0) is 25.1. The molecule has 2 bridgehead atoms. The van der Waals surface area contributed by atoms with Crippen molar-refractivity contribution in [2.45, 2.75) is 48.3 Å². The van der Waals surface area contributed by atoms with Gasteiger partial charge in [-0.1, -0.05) is 60.7 Å². The Bertz CT molecular complexity index is 1130. The molecule has 0 radical (unpaired) electrons. The summed E-state index contributed by atoms with van der Waals surface area (Å²) in [7, 11) is 1.72. The summed E-state index contributed by atoms with van der Waals surface area (Å²) in [5.74, 6) is 0.529. The molecule has 3 heterocycles. The van der Waals surface area contributed by atoms with Gasteiger partial charge in [-0.3, -0.25) is 9.69 Å². The Balaban J connectivity index is 1.54. The van der Waals surface area contributed by atoms with Crippen LogP contribution in [-0.2, 0) is 11.3 Å². The fourth-order valence-corrected chi connectivity index (χ4v) is 6.73. The molecule has 36 heavy (non-hydrogen) atoms. The van der Waals surface area contributed by atoms with E-state index in [0.29, 0.717) is 18.9 Å². The topological polar surface area (TPSA) is 61.8 Å². The first kappa shape index (κ1) is 24.9. The van der Waals surface area contributed by atoms with E-state index >= 15 is 0 Å². The molecule has 6 rings (SSSR count). The average Bonchev–Trinajstić information content (AvgIpc) is 2.93. The van der Waals surface area contributed by atoms with Crippen LogP contribution in [0.1, 0.15) is 35.4 Å². The molecule has 5 nitrogen and oxygen atoms in total. The molecule has 0 aromatic heterocycles. The van der Waals surface area contributed by atoms with Crippen molar-refractivity contribution < 1.29 is 14.6 Å². The van der Waals surface area contributed by atoms with Gasteiger partial charge in [-0.15, -0.1) is 11.8 Å². The number of ether oxygens (including phenoxy) is 1. The van der Waals surface area contributed by atoms with Crippen molar-refractivity contribution >= 4 is 17.7 Å². The van der Waals surface area contributed by atoms with E-state index in [1.165, 1.54) is 16.0 Å². The minimum Gasteiger partial charge on any atom is -0.496 e. The third-order valence-corrected chi connectivity index (χ3v) is 8.63. The number of fused-ring (bicyclic) bond motifs is 3. The van der Waals surface area contributed by atoms with E-state index < -0.39 is 12.0 Å². The zero-order valence-electron chi connectivity index (χ0n) is 20.8. The van der Waals surface area contributed by atoms with Crippen LogP contribution in [0, 0.1) is 5.92 Å². The van der Waals surface area contributed by atoms with Crippen molar-refractivity contribution in [1.29, 1.82) is 0 Å². The Kier molecular flexibility index (Phi) is 7.65. The highest BCUT2D eigenvalue weighted by Crippen LogP contribution is 2.44. The van der Waals surface area contributed by atoms with Crippen LogP contribution < -0.4 is 10.1 Å². The maximum Gasteiger partial charge on any atom is 0.320 e. The van der Waals surface area contributed by atoms with E-state index in [1.54, 1.807) is 18.9 Å². The first-order valence-corrected chi connectivity index (χ1v) is 13.9. The highest BCUT2D eigenvalue weighted by atomic mass is 32.2. The number of hydrogen-bond donors (Lipinski definition) is 2. The van der Waals surface area contributed by atoms with Gasteiger partial charge in [0.1, 0.15) is 11.8 Å². The van der Waals surface area contributed by atoms with Crippen molar-refractivity contribution in [2.24, 2.45) is 5.92 Å². The Morgan fingerprint density at radius 1 is 1.08 bits per heavy atom. The molecule has 3 fully saturated rings. The molecule has 0 amide bonds. The standard InChI is InChI=1S/C30H34N2O3S/c1-35-26-14-13-24(36-2)17-23(26)19-31-28-22-15-16-32(25(18-22)30(33)34)29(28)27(20-9-5-3-6-10-20)21-11-7-4-8-12-21/h3-14,17,22,25,27-29,31H,15-16,18-19H2,1-2H3,(H,33,34)/t22-,25-,28-,29+/m1/s1. The second-order valence-corrected chi connectivity index (χ2v) is 10.6. The predicted molar refractivity (Wildman–Crippen MR) is 145 cm³/mol. The summed E-state index contributed by atoms with van der Waals surface area (Å²) in [5.41, 5.74) is 3.57. The molecule has 188 valence electrons. The molecule has 3 saturated heterocycles. The quantitative estimate of drug-likeness (QED) is 0.390. The fourth-order valence-electron chi connectivity index (χ4n) is 6.26. The van der Waals surface area contributed by atoms with Crippen LogP contribution in [0.3, 0.4) is 0 Å². The van der Waals surface area contributed by atoms with Crippen LogP contribution >= 0.6 is 11.8 Å². The lowest BCUT2D eigenvalue weighted by atomic mass is 9.68. The fraction of sp³-hybridized carbons (Fsp3) is 0.367. The molecule has 0 aliphatic carbocycles. The van der Waals surface area contributed by atoms with E-state index in [2.05, 4.69) is 77.1 Å². The van der Waals surface area contributed by atoms with Crippen LogP contribution in [0.15, 0.2) is 83.8 Å². The molecule has 0 spiro atoms. The number of nitrogens with one attached hydrogen (secondary N) is 1. The second-order valence-electron chi connectivity index (χ2n) is 9.75.